The van der Waals surface area contributed by atoms with Gasteiger partial charge in [-0.3, -0.25) is 9.13 Å². The van der Waals surface area contributed by atoms with Crippen molar-refractivity contribution in [2.24, 2.45) is 7.05 Å². The Labute approximate surface area is 198 Å². The van der Waals surface area contributed by atoms with Crippen molar-refractivity contribution in [3.8, 4) is 6.07 Å². The maximum absolute atomic E-state index is 13.1. The van der Waals surface area contributed by atoms with E-state index in [0.29, 0.717) is 24.3 Å². The minimum atomic E-state index is -0.554. The van der Waals surface area contributed by atoms with Gasteiger partial charge in [0, 0.05) is 32.4 Å². The molecule has 1 saturated heterocycles. The number of pyridine rings is 1. The highest BCUT2D eigenvalue weighted by Gasteiger charge is 2.27. The van der Waals surface area contributed by atoms with Gasteiger partial charge >= 0.3 is 11.8 Å². The van der Waals surface area contributed by atoms with Crippen molar-refractivity contribution >= 4 is 22.9 Å². The fourth-order valence-corrected chi connectivity index (χ4v) is 4.36. The first-order valence-corrected chi connectivity index (χ1v) is 11.4. The lowest BCUT2D eigenvalue weighted by molar-refractivity contribution is 0.0500. The van der Waals surface area contributed by atoms with Crippen LogP contribution in [0.25, 0.3) is 11.2 Å². The molecule has 1 aliphatic heterocycles. The number of piperidine rings is 1. The molecule has 1 atom stereocenters. The molecule has 9 heteroatoms. The van der Waals surface area contributed by atoms with Gasteiger partial charge in [-0.05, 0) is 57.4 Å². The lowest BCUT2D eigenvalue weighted by Gasteiger charge is -2.35. The van der Waals surface area contributed by atoms with Crippen LogP contribution in [-0.4, -0.2) is 44.9 Å². The van der Waals surface area contributed by atoms with Crippen LogP contribution in [0, 0.1) is 11.3 Å². The molecule has 1 N–H and O–H groups in total. The Morgan fingerprint density at radius 2 is 2.00 bits per heavy atom. The van der Waals surface area contributed by atoms with Gasteiger partial charge in [0.25, 0.3) is 0 Å². The summed E-state index contributed by atoms with van der Waals surface area (Å²) in [7, 11) is 1.72. The Morgan fingerprint density at radius 1 is 1.26 bits per heavy atom. The van der Waals surface area contributed by atoms with Gasteiger partial charge in [0.2, 0.25) is 0 Å². The van der Waals surface area contributed by atoms with E-state index in [4.69, 9.17) is 10.00 Å². The molecule has 3 aromatic rings. The summed E-state index contributed by atoms with van der Waals surface area (Å²) in [5, 5.41) is 12.0. The van der Waals surface area contributed by atoms with Gasteiger partial charge in [0.05, 0.1) is 23.9 Å². The molecule has 0 spiro atoms. The van der Waals surface area contributed by atoms with Gasteiger partial charge in [-0.25, -0.2) is 14.6 Å². The average molecular weight is 463 g/mol. The second kappa shape index (κ2) is 9.21. The van der Waals surface area contributed by atoms with Gasteiger partial charge in [-0.1, -0.05) is 12.1 Å². The van der Waals surface area contributed by atoms with Crippen LogP contribution in [0.1, 0.15) is 44.7 Å². The van der Waals surface area contributed by atoms with Crippen LogP contribution in [0.2, 0.25) is 0 Å². The molecule has 34 heavy (non-hydrogen) atoms. The third-order valence-corrected chi connectivity index (χ3v) is 5.90. The Kier molecular flexibility index (Phi) is 6.33. The summed E-state index contributed by atoms with van der Waals surface area (Å²) < 4.78 is 8.71. The molecule has 2 aromatic heterocycles. The number of hydrogen-bond donors (Lipinski definition) is 1. The summed E-state index contributed by atoms with van der Waals surface area (Å²) in [6, 6.07) is 11.2. The molecule has 178 valence electrons. The molecule has 0 bridgehead atoms. The number of hydrogen-bond acceptors (Lipinski definition) is 6. The molecule has 1 aliphatic rings. The first kappa shape index (κ1) is 23.4. The van der Waals surface area contributed by atoms with Crippen LogP contribution in [0.5, 0.6) is 0 Å². The Hall–Kier alpha value is -3.80. The predicted octanol–water partition coefficient (Wildman–Crippen LogP) is 3.15. The van der Waals surface area contributed by atoms with E-state index < -0.39 is 11.7 Å². The number of nitriles is 1. The second-order valence-corrected chi connectivity index (χ2v) is 9.67. The number of aryl methyl sites for hydroxylation is 1. The number of ether oxygens (including phenoxy) is 1. The van der Waals surface area contributed by atoms with E-state index in [9.17, 15) is 9.59 Å². The summed E-state index contributed by atoms with van der Waals surface area (Å²) in [5.41, 5.74) is 3.07. The molecule has 4 rings (SSSR count). The molecule has 9 nitrogen and oxygen atoms in total. The van der Waals surface area contributed by atoms with Gasteiger partial charge in [-0.2, -0.15) is 5.26 Å². The standard InChI is InChI=1S/C25H30N6O3/c1-25(2,3)34-23(32)28-19-6-5-13-30(16-19)20-11-12-27-22-21(20)31(24(33)29(22)4)15-18-9-7-17(14-26)8-10-18/h7-12,19H,5-6,13,15-16H2,1-4H3,(H,28,32). The van der Waals surface area contributed by atoms with E-state index >= 15 is 0 Å². The number of aromatic nitrogens is 3. The minimum absolute atomic E-state index is 0.0609. The van der Waals surface area contributed by atoms with Crippen molar-refractivity contribution < 1.29 is 9.53 Å². The van der Waals surface area contributed by atoms with Gasteiger partial charge < -0.3 is 15.0 Å². The molecular weight excluding hydrogens is 432 g/mol. The summed E-state index contributed by atoms with van der Waals surface area (Å²) in [5.74, 6) is 0. The number of rotatable bonds is 4. The maximum atomic E-state index is 13.1. The highest BCUT2D eigenvalue weighted by molar-refractivity contribution is 5.87. The van der Waals surface area contributed by atoms with Crippen LogP contribution >= 0.6 is 0 Å². The molecule has 1 fully saturated rings. The number of anilines is 1. The quantitative estimate of drug-likeness (QED) is 0.639. The molecule has 1 aromatic carbocycles. The number of amides is 1. The van der Waals surface area contributed by atoms with E-state index in [1.54, 1.807) is 34.5 Å². The Bertz CT molecular complexity index is 1290. The van der Waals surface area contributed by atoms with E-state index in [-0.39, 0.29) is 11.7 Å². The maximum Gasteiger partial charge on any atom is 0.407 e. The van der Waals surface area contributed by atoms with Crippen molar-refractivity contribution in [1.82, 2.24) is 19.4 Å². The fraction of sp³-hybridized carbons (Fsp3) is 0.440. The van der Waals surface area contributed by atoms with Gasteiger partial charge in [-0.15, -0.1) is 0 Å². The normalized spacial score (nSPS) is 16.3. The number of nitrogens with zero attached hydrogens (tertiary/aromatic N) is 5. The predicted molar refractivity (Wildman–Crippen MR) is 130 cm³/mol. The van der Waals surface area contributed by atoms with Crippen LogP contribution in [0.3, 0.4) is 0 Å². The lowest BCUT2D eigenvalue weighted by Crippen LogP contribution is -2.49. The highest BCUT2D eigenvalue weighted by atomic mass is 16.6. The lowest BCUT2D eigenvalue weighted by atomic mass is 10.0. The number of nitrogens with one attached hydrogen (secondary N) is 1. The number of fused-ring (bicyclic) bond motifs is 1. The summed E-state index contributed by atoms with van der Waals surface area (Å²) in [4.78, 5) is 32.1. The zero-order valence-corrected chi connectivity index (χ0v) is 20.0. The van der Waals surface area contributed by atoms with Gasteiger partial charge in [0.15, 0.2) is 5.65 Å². The van der Waals surface area contributed by atoms with Crippen molar-refractivity contribution in [2.45, 2.75) is 51.8 Å². The molecule has 3 heterocycles. The Morgan fingerprint density at radius 3 is 2.68 bits per heavy atom. The third kappa shape index (κ3) is 4.91. The van der Waals surface area contributed by atoms with Crippen LogP contribution in [-0.2, 0) is 18.3 Å². The van der Waals surface area contributed by atoms with Crippen LogP contribution in [0.15, 0.2) is 41.3 Å². The van der Waals surface area contributed by atoms with E-state index in [2.05, 4.69) is 21.3 Å². The minimum Gasteiger partial charge on any atom is -0.444 e. The number of imidazole rings is 1. The van der Waals surface area contributed by atoms with Crippen LogP contribution < -0.4 is 15.9 Å². The smallest absolute Gasteiger partial charge is 0.407 e. The number of carbonyl (C=O) groups excluding carboxylic acids is 1. The van der Waals surface area contributed by atoms with E-state index in [0.717, 1.165) is 36.2 Å². The molecule has 0 aliphatic carbocycles. The zero-order valence-electron chi connectivity index (χ0n) is 20.0. The summed E-state index contributed by atoms with van der Waals surface area (Å²) in [6.45, 7) is 7.32. The SMILES string of the molecule is Cn1c(=O)n(Cc2ccc(C#N)cc2)c2c(N3CCCC(NC(=O)OC(C)(C)C)C3)ccnc21. The number of carbonyl (C=O) groups is 1. The molecule has 0 radical (unpaired) electrons. The first-order valence-electron chi connectivity index (χ1n) is 11.4. The Balaban J connectivity index is 1.65. The number of alkyl carbamates (subject to hydrolysis) is 1. The van der Waals surface area contributed by atoms with Crippen molar-refractivity contribution in [3.05, 3.63) is 58.1 Å². The number of benzene rings is 1. The van der Waals surface area contributed by atoms with E-state index in [1.165, 1.54) is 0 Å². The van der Waals surface area contributed by atoms with Gasteiger partial charge in [0.1, 0.15) is 11.1 Å². The topological polar surface area (TPSA) is 105 Å². The van der Waals surface area contributed by atoms with Crippen LogP contribution in [0.4, 0.5) is 10.5 Å². The largest absolute Gasteiger partial charge is 0.444 e. The summed E-state index contributed by atoms with van der Waals surface area (Å²) in [6.07, 6.45) is 3.05. The average Bonchev–Trinajstić information content (AvgIpc) is 3.03. The molecule has 1 unspecified atom stereocenters. The van der Waals surface area contributed by atoms with Crippen molar-refractivity contribution in [1.29, 1.82) is 5.26 Å². The third-order valence-electron chi connectivity index (χ3n) is 5.90. The highest BCUT2D eigenvalue weighted by Crippen LogP contribution is 2.28. The molecule has 1 amide bonds. The molecular formula is C25H30N6O3. The summed E-state index contributed by atoms with van der Waals surface area (Å²) >= 11 is 0. The second-order valence-electron chi connectivity index (χ2n) is 9.67. The fourth-order valence-electron chi connectivity index (χ4n) is 4.36. The van der Waals surface area contributed by atoms with E-state index in [1.807, 2.05) is 39.0 Å². The first-order chi connectivity index (χ1) is 16.2. The zero-order chi connectivity index (χ0) is 24.5. The molecule has 0 saturated carbocycles. The van der Waals surface area contributed by atoms with Crippen molar-refractivity contribution in [2.75, 3.05) is 18.0 Å². The monoisotopic (exact) mass is 462 g/mol. The van der Waals surface area contributed by atoms with Crippen molar-refractivity contribution in [3.63, 3.8) is 0 Å².